The van der Waals surface area contributed by atoms with Crippen LogP contribution in [0, 0.1) is 12.7 Å². The van der Waals surface area contributed by atoms with Gasteiger partial charge >= 0.3 is 0 Å². The lowest BCUT2D eigenvalue weighted by atomic mass is 9.94. The Hall–Kier alpha value is -2.65. The summed E-state index contributed by atoms with van der Waals surface area (Å²) in [4.78, 5) is 12.7. The Morgan fingerprint density at radius 2 is 1.68 bits per heavy atom. The molecule has 0 aliphatic carbocycles. The van der Waals surface area contributed by atoms with Gasteiger partial charge in [0.2, 0.25) is 0 Å². The van der Waals surface area contributed by atoms with Crippen molar-refractivity contribution in [3.05, 3.63) is 106 Å². The predicted molar refractivity (Wildman–Crippen MR) is 98.3 cm³/mol. The largest absolute Gasteiger partial charge is 0.341 e. The Morgan fingerprint density at radius 3 is 2.36 bits per heavy atom. The molecule has 0 bridgehead atoms. The molecule has 0 saturated carbocycles. The van der Waals surface area contributed by atoms with Crippen LogP contribution in [0.4, 0.5) is 4.39 Å². The van der Waals surface area contributed by atoms with E-state index < -0.39 is 11.7 Å². The van der Waals surface area contributed by atoms with Gasteiger partial charge in [-0.1, -0.05) is 66.2 Å². The maximum absolute atomic E-state index is 14.1. The maximum Gasteiger partial charge on any atom is 0.255 e. The first-order valence-electron chi connectivity index (χ1n) is 7.92. The summed E-state index contributed by atoms with van der Waals surface area (Å²) in [6, 6.07) is 21.1. The third-order valence-electron chi connectivity index (χ3n) is 4.08. The fourth-order valence-electron chi connectivity index (χ4n) is 2.78. The van der Waals surface area contributed by atoms with Gasteiger partial charge in [0.15, 0.2) is 0 Å². The van der Waals surface area contributed by atoms with E-state index in [-0.39, 0.29) is 16.6 Å². The van der Waals surface area contributed by atoms with E-state index in [4.69, 9.17) is 11.6 Å². The van der Waals surface area contributed by atoms with Crippen LogP contribution in [0.15, 0.2) is 72.8 Å². The molecule has 0 fully saturated rings. The summed E-state index contributed by atoms with van der Waals surface area (Å²) in [5.74, 6) is -1.12. The van der Waals surface area contributed by atoms with Crippen molar-refractivity contribution >= 4 is 17.5 Å². The van der Waals surface area contributed by atoms with Crippen LogP contribution in [0.3, 0.4) is 0 Å². The van der Waals surface area contributed by atoms with Gasteiger partial charge in [-0.15, -0.1) is 0 Å². The zero-order valence-corrected chi connectivity index (χ0v) is 14.4. The molecule has 0 aliphatic rings. The smallest absolute Gasteiger partial charge is 0.255 e. The molecule has 25 heavy (non-hydrogen) atoms. The number of rotatable bonds is 4. The zero-order chi connectivity index (χ0) is 17.8. The van der Waals surface area contributed by atoms with Crippen molar-refractivity contribution < 1.29 is 9.18 Å². The average Bonchev–Trinajstić information content (AvgIpc) is 2.61. The molecule has 3 aromatic rings. The topological polar surface area (TPSA) is 29.1 Å². The van der Waals surface area contributed by atoms with E-state index in [0.29, 0.717) is 0 Å². The lowest BCUT2D eigenvalue weighted by Gasteiger charge is -2.22. The zero-order valence-electron chi connectivity index (χ0n) is 13.7. The van der Waals surface area contributed by atoms with Crippen molar-refractivity contribution in [2.24, 2.45) is 0 Å². The summed E-state index contributed by atoms with van der Waals surface area (Å²) in [6.07, 6.45) is 0. The van der Waals surface area contributed by atoms with Crippen LogP contribution in [0.5, 0.6) is 0 Å². The van der Waals surface area contributed by atoms with Crippen LogP contribution in [0.1, 0.15) is 33.1 Å². The highest BCUT2D eigenvalue weighted by atomic mass is 35.5. The molecular weight excluding hydrogens is 337 g/mol. The van der Waals surface area contributed by atoms with E-state index in [1.54, 1.807) is 0 Å². The normalized spacial score (nSPS) is 11.8. The molecule has 0 aliphatic heterocycles. The van der Waals surface area contributed by atoms with Gasteiger partial charge in [-0.2, -0.15) is 0 Å². The van der Waals surface area contributed by atoms with Crippen molar-refractivity contribution in [1.82, 2.24) is 5.32 Å². The summed E-state index contributed by atoms with van der Waals surface area (Å²) in [5.41, 5.74) is 2.92. The number of carbonyl (C=O) groups excluding carboxylic acids is 1. The Balaban J connectivity index is 1.98. The minimum Gasteiger partial charge on any atom is -0.341 e. The van der Waals surface area contributed by atoms with E-state index >= 15 is 0 Å². The molecule has 3 rings (SSSR count). The molecule has 1 N–H and O–H groups in total. The standard InChI is InChI=1S/C21H17ClFNO/c1-14-7-5-6-10-17(14)20(15-8-3-2-4-9-15)24-21(25)18-12-11-16(22)13-19(18)23/h2-13,20H,1H3,(H,24,25). The first-order chi connectivity index (χ1) is 12.1. The number of benzene rings is 3. The van der Waals surface area contributed by atoms with Gasteiger partial charge < -0.3 is 5.32 Å². The van der Waals surface area contributed by atoms with Gasteiger partial charge in [-0.3, -0.25) is 4.79 Å². The van der Waals surface area contributed by atoms with Crippen molar-refractivity contribution in [2.75, 3.05) is 0 Å². The van der Waals surface area contributed by atoms with Gasteiger partial charge in [-0.25, -0.2) is 4.39 Å². The second-order valence-corrected chi connectivity index (χ2v) is 6.23. The molecule has 0 spiro atoms. The fraction of sp³-hybridized carbons (Fsp3) is 0.0952. The summed E-state index contributed by atoms with van der Waals surface area (Å²) in [7, 11) is 0. The van der Waals surface area contributed by atoms with Crippen LogP contribution >= 0.6 is 11.6 Å². The van der Waals surface area contributed by atoms with E-state index in [9.17, 15) is 9.18 Å². The Kier molecular flexibility index (Phi) is 5.15. The Bertz CT molecular complexity index is 895. The van der Waals surface area contributed by atoms with Gasteiger partial charge in [-0.05, 0) is 41.8 Å². The molecule has 1 unspecified atom stereocenters. The lowest BCUT2D eigenvalue weighted by Crippen LogP contribution is -2.30. The summed E-state index contributed by atoms with van der Waals surface area (Å²) < 4.78 is 14.1. The monoisotopic (exact) mass is 353 g/mol. The predicted octanol–water partition coefficient (Wildman–Crippen LogP) is 5.31. The Morgan fingerprint density at radius 1 is 1.00 bits per heavy atom. The molecule has 0 saturated heterocycles. The average molecular weight is 354 g/mol. The number of aryl methyl sites for hydroxylation is 1. The molecule has 3 aromatic carbocycles. The number of carbonyl (C=O) groups is 1. The first-order valence-corrected chi connectivity index (χ1v) is 8.30. The van der Waals surface area contributed by atoms with Crippen LogP contribution in [-0.4, -0.2) is 5.91 Å². The molecule has 0 heterocycles. The molecule has 1 amide bonds. The highest BCUT2D eigenvalue weighted by Gasteiger charge is 2.21. The number of amides is 1. The molecule has 126 valence electrons. The van der Waals surface area contributed by atoms with Crippen molar-refractivity contribution in [3.8, 4) is 0 Å². The van der Waals surface area contributed by atoms with E-state index in [1.165, 1.54) is 12.1 Å². The van der Waals surface area contributed by atoms with Gasteiger partial charge in [0.1, 0.15) is 5.82 Å². The minimum absolute atomic E-state index is 0.0288. The van der Waals surface area contributed by atoms with E-state index in [2.05, 4.69) is 5.32 Å². The van der Waals surface area contributed by atoms with Crippen LogP contribution < -0.4 is 5.32 Å². The maximum atomic E-state index is 14.1. The van der Waals surface area contributed by atoms with Gasteiger partial charge in [0, 0.05) is 5.02 Å². The molecule has 0 radical (unpaired) electrons. The fourth-order valence-corrected chi connectivity index (χ4v) is 2.94. The Labute approximate surface area is 151 Å². The van der Waals surface area contributed by atoms with Gasteiger partial charge in [0.05, 0.1) is 11.6 Å². The molecule has 1 atom stereocenters. The molecule has 4 heteroatoms. The SMILES string of the molecule is Cc1ccccc1C(NC(=O)c1ccc(Cl)cc1F)c1ccccc1. The quantitative estimate of drug-likeness (QED) is 0.677. The van der Waals surface area contributed by atoms with Crippen molar-refractivity contribution in [3.63, 3.8) is 0 Å². The third-order valence-corrected chi connectivity index (χ3v) is 4.32. The highest BCUT2D eigenvalue weighted by molar-refractivity contribution is 6.30. The highest BCUT2D eigenvalue weighted by Crippen LogP contribution is 2.25. The first kappa shape index (κ1) is 17.2. The second kappa shape index (κ2) is 7.49. The number of hydrogen-bond donors (Lipinski definition) is 1. The van der Waals surface area contributed by atoms with Gasteiger partial charge in [0.25, 0.3) is 5.91 Å². The van der Waals surface area contributed by atoms with Crippen LogP contribution in [-0.2, 0) is 0 Å². The van der Waals surface area contributed by atoms with Crippen molar-refractivity contribution in [1.29, 1.82) is 0 Å². The lowest BCUT2D eigenvalue weighted by molar-refractivity contribution is 0.0939. The number of hydrogen-bond acceptors (Lipinski definition) is 1. The summed E-state index contributed by atoms with van der Waals surface area (Å²) in [6.45, 7) is 1.99. The van der Waals surface area contributed by atoms with E-state index in [1.807, 2.05) is 61.5 Å². The summed E-state index contributed by atoms with van der Waals surface area (Å²) >= 11 is 5.77. The number of nitrogens with one attached hydrogen (secondary N) is 1. The third kappa shape index (κ3) is 3.89. The second-order valence-electron chi connectivity index (χ2n) is 5.80. The molecule has 0 aromatic heterocycles. The molecular formula is C21H17ClFNO. The summed E-state index contributed by atoms with van der Waals surface area (Å²) in [5, 5.41) is 3.20. The van der Waals surface area contributed by atoms with Crippen LogP contribution in [0.25, 0.3) is 0 Å². The van der Waals surface area contributed by atoms with E-state index in [0.717, 1.165) is 22.8 Å². The van der Waals surface area contributed by atoms with Crippen molar-refractivity contribution in [2.45, 2.75) is 13.0 Å². The minimum atomic E-state index is -0.637. The molecule has 2 nitrogen and oxygen atoms in total. The number of halogens is 2. The van der Waals surface area contributed by atoms with Crippen LogP contribution in [0.2, 0.25) is 5.02 Å².